The average Bonchev–Trinajstić information content (AvgIpc) is 2.56. The van der Waals surface area contributed by atoms with Gasteiger partial charge < -0.3 is 0 Å². The Morgan fingerprint density at radius 1 is 1.00 bits per heavy atom. The van der Waals surface area contributed by atoms with Crippen molar-refractivity contribution in [1.82, 2.24) is 4.72 Å². The van der Waals surface area contributed by atoms with Gasteiger partial charge in [-0.3, -0.25) is 4.72 Å². The highest BCUT2D eigenvalue weighted by Crippen LogP contribution is 2.31. The van der Waals surface area contributed by atoms with Gasteiger partial charge in [-0.05, 0) is 49.8 Å². The molecule has 0 heterocycles. The molecule has 120 valence electrons. The summed E-state index contributed by atoms with van der Waals surface area (Å²) in [5.74, 6) is 0.476. The monoisotopic (exact) mass is 327 g/mol. The summed E-state index contributed by atoms with van der Waals surface area (Å²) in [6, 6.07) is 17.3. The Morgan fingerprint density at radius 2 is 1.70 bits per heavy atom. The molecule has 0 fully saturated rings. The van der Waals surface area contributed by atoms with Crippen LogP contribution >= 0.6 is 0 Å². The first kappa shape index (κ1) is 15.8. The fourth-order valence-electron chi connectivity index (χ4n) is 2.90. The minimum absolute atomic E-state index is 0.314. The van der Waals surface area contributed by atoms with Crippen LogP contribution in [0, 0.1) is 6.92 Å². The first-order valence-electron chi connectivity index (χ1n) is 7.88. The van der Waals surface area contributed by atoms with Crippen LogP contribution in [-0.4, -0.2) is 8.42 Å². The Hall–Kier alpha value is -2.07. The van der Waals surface area contributed by atoms with E-state index in [9.17, 15) is 8.42 Å². The maximum atomic E-state index is 12.4. The van der Waals surface area contributed by atoms with Gasteiger partial charge in [0.2, 0.25) is 0 Å². The topological polar surface area (TPSA) is 46.2 Å². The summed E-state index contributed by atoms with van der Waals surface area (Å²) in [6.07, 6.45) is 4.61. The van der Waals surface area contributed by atoms with Crippen molar-refractivity contribution in [2.45, 2.75) is 37.0 Å². The first-order chi connectivity index (χ1) is 11.0. The zero-order valence-corrected chi connectivity index (χ0v) is 14.0. The van der Waals surface area contributed by atoms with Crippen LogP contribution in [0.1, 0.15) is 36.3 Å². The van der Waals surface area contributed by atoms with Gasteiger partial charge in [0.15, 0.2) is 0 Å². The molecule has 0 aliphatic heterocycles. The van der Waals surface area contributed by atoms with Crippen molar-refractivity contribution >= 4 is 10.0 Å². The lowest BCUT2D eigenvalue weighted by Crippen LogP contribution is -2.25. The van der Waals surface area contributed by atoms with E-state index in [0.717, 1.165) is 30.5 Å². The van der Waals surface area contributed by atoms with E-state index in [0.29, 0.717) is 10.8 Å². The third-order valence-electron chi connectivity index (χ3n) is 4.28. The molecular weight excluding hydrogens is 306 g/mol. The summed E-state index contributed by atoms with van der Waals surface area (Å²) in [6.45, 7) is 1.94. The van der Waals surface area contributed by atoms with E-state index in [2.05, 4.69) is 29.0 Å². The molecule has 0 saturated heterocycles. The van der Waals surface area contributed by atoms with E-state index in [-0.39, 0.29) is 0 Å². The number of benzene rings is 2. The molecule has 1 N–H and O–H groups in total. The minimum atomic E-state index is -3.48. The lowest BCUT2D eigenvalue weighted by molar-refractivity contribution is 0.566. The first-order valence-corrected chi connectivity index (χ1v) is 9.36. The predicted octanol–water partition coefficient (Wildman–Crippen LogP) is 4.12. The van der Waals surface area contributed by atoms with Crippen molar-refractivity contribution in [1.29, 1.82) is 0 Å². The molecule has 0 bridgehead atoms. The summed E-state index contributed by atoms with van der Waals surface area (Å²) in [7, 11) is -3.48. The van der Waals surface area contributed by atoms with Gasteiger partial charge in [0.1, 0.15) is 0 Å². The van der Waals surface area contributed by atoms with Crippen LogP contribution in [0.25, 0.3) is 0 Å². The molecule has 0 spiro atoms. The van der Waals surface area contributed by atoms with Crippen molar-refractivity contribution in [3.05, 3.63) is 77.5 Å². The summed E-state index contributed by atoms with van der Waals surface area (Å²) in [5.41, 5.74) is 3.17. The third-order valence-corrected chi connectivity index (χ3v) is 5.70. The molecule has 0 saturated carbocycles. The van der Waals surface area contributed by atoms with Crippen LogP contribution in [0.5, 0.6) is 0 Å². The molecule has 2 aromatic carbocycles. The minimum Gasteiger partial charge on any atom is -0.284 e. The van der Waals surface area contributed by atoms with Gasteiger partial charge in [-0.25, -0.2) is 8.42 Å². The second-order valence-electron chi connectivity index (χ2n) is 6.03. The van der Waals surface area contributed by atoms with Gasteiger partial charge in [0.25, 0.3) is 10.0 Å². The van der Waals surface area contributed by atoms with Gasteiger partial charge in [-0.2, -0.15) is 0 Å². The van der Waals surface area contributed by atoms with Gasteiger partial charge in [0, 0.05) is 5.70 Å². The quantitative estimate of drug-likeness (QED) is 0.918. The Kier molecular flexibility index (Phi) is 4.53. The molecule has 0 aromatic heterocycles. The second-order valence-corrected chi connectivity index (χ2v) is 7.71. The molecule has 0 radical (unpaired) electrons. The number of aryl methyl sites for hydroxylation is 1. The number of hydrogen-bond donors (Lipinski definition) is 1. The van der Waals surface area contributed by atoms with Crippen molar-refractivity contribution in [3.8, 4) is 0 Å². The highest BCUT2D eigenvalue weighted by molar-refractivity contribution is 7.89. The summed E-state index contributed by atoms with van der Waals surface area (Å²) in [4.78, 5) is 0.314. The zero-order valence-electron chi connectivity index (χ0n) is 13.2. The van der Waals surface area contributed by atoms with Crippen molar-refractivity contribution in [2.75, 3.05) is 0 Å². The molecule has 3 nitrogen and oxygen atoms in total. The normalized spacial score (nSPS) is 18.3. The van der Waals surface area contributed by atoms with Crippen LogP contribution < -0.4 is 4.72 Å². The lowest BCUT2D eigenvalue weighted by atomic mass is 9.87. The zero-order chi connectivity index (χ0) is 16.3. The molecule has 0 amide bonds. The Morgan fingerprint density at radius 3 is 2.30 bits per heavy atom. The second kappa shape index (κ2) is 6.59. The predicted molar refractivity (Wildman–Crippen MR) is 92.6 cm³/mol. The molecule has 4 heteroatoms. The summed E-state index contributed by atoms with van der Waals surface area (Å²) in [5, 5.41) is 0. The fraction of sp³-hybridized carbons (Fsp3) is 0.263. The smallest absolute Gasteiger partial charge is 0.261 e. The number of nitrogens with one attached hydrogen (secondary N) is 1. The van der Waals surface area contributed by atoms with Crippen molar-refractivity contribution in [3.63, 3.8) is 0 Å². The highest BCUT2D eigenvalue weighted by atomic mass is 32.2. The maximum Gasteiger partial charge on any atom is 0.261 e. The highest BCUT2D eigenvalue weighted by Gasteiger charge is 2.20. The van der Waals surface area contributed by atoms with Crippen LogP contribution in [-0.2, 0) is 10.0 Å². The van der Waals surface area contributed by atoms with Gasteiger partial charge in [-0.1, -0.05) is 54.1 Å². The Bertz CT molecular complexity index is 793. The molecule has 1 aliphatic rings. The van der Waals surface area contributed by atoms with Crippen LogP contribution in [0.2, 0.25) is 0 Å². The van der Waals surface area contributed by atoms with E-state index in [4.69, 9.17) is 0 Å². The van der Waals surface area contributed by atoms with Gasteiger partial charge in [0.05, 0.1) is 4.90 Å². The fourth-order valence-corrected chi connectivity index (χ4v) is 4.05. The van der Waals surface area contributed by atoms with Crippen LogP contribution in [0.3, 0.4) is 0 Å². The largest absolute Gasteiger partial charge is 0.284 e. The van der Waals surface area contributed by atoms with Gasteiger partial charge >= 0.3 is 0 Å². The van der Waals surface area contributed by atoms with E-state index < -0.39 is 10.0 Å². The molecule has 1 aliphatic carbocycles. The maximum absolute atomic E-state index is 12.4. The molecule has 2 aromatic rings. The van der Waals surface area contributed by atoms with E-state index in [1.54, 1.807) is 12.1 Å². The molecule has 1 unspecified atom stereocenters. The van der Waals surface area contributed by atoms with E-state index in [1.165, 1.54) is 5.56 Å². The van der Waals surface area contributed by atoms with Crippen molar-refractivity contribution in [2.24, 2.45) is 0 Å². The average molecular weight is 327 g/mol. The number of sulfonamides is 1. The number of allylic oxidation sites excluding steroid dienone is 2. The van der Waals surface area contributed by atoms with Crippen LogP contribution in [0.15, 0.2) is 71.3 Å². The molecule has 23 heavy (non-hydrogen) atoms. The van der Waals surface area contributed by atoms with Crippen LogP contribution in [0.4, 0.5) is 0 Å². The van der Waals surface area contributed by atoms with Gasteiger partial charge in [-0.15, -0.1) is 0 Å². The number of rotatable bonds is 4. The number of hydrogen-bond acceptors (Lipinski definition) is 2. The molecular formula is C19H21NO2S. The lowest BCUT2D eigenvalue weighted by Gasteiger charge is -2.23. The summed E-state index contributed by atoms with van der Waals surface area (Å²) >= 11 is 0. The van der Waals surface area contributed by atoms with Crippen molar-refractivity contribution < 1.29 is 8.42 Å². The third kappa shape index (κ3) is 3.82. The molecule has 3 rings (SSSR count). The standard InChI is InChI=1S/C19H21NO2S/c1-15-7-13-19(14-8-15)23(21,22)20-18-11-9-17(10-12-18)16-5-3-2-4-6-16/h2-8,11,13-14,17,20H,9-10,12H2,1H3. The SMILES string of the molecule is Cc1ccc(S(=O)(=O)NC2=CCC(c3ccccc3)CC2)cc1. The van der Waals surface area contributed by atoms with E-state index in [1.807, 2.05) is 31.2 Å². The summed E-state index contributed by atoms with van der Waals surface area (Å²) < 4.78 is 27.6. The molecule has 1 atom stereocenters. The van der Waals surface area contributed by atoms with E-state index >= 15 is 0 Å². The Balaban J connectivity index is 1.69. The Labute approximate surface area is 138 Å².